The van der Waals surface area contributed by atoms with Crippen LogP contribution >= 0.6 is 0 Å². The molecule has 0 bridgehead atoms. The first-order valence-electron chi connectivity index (χ1n) is 10.6. The highest BCUT2D eigenvalue weighted by atomic mass is 16.6. The first-order chi connectivity index (χ1) is 15.0. The lowest BCUT2D eigenvalue weighted by Crippen LogP contribution is -2.50. The van der Waals surface area contributed by atoms with E-state index in [2.05, 4.69) is 0 Å². The second-order valence-electron chi connectivity index (χ2n) is 8.29. The van der Waals surface area contributed by atoms with E-state index in [1.807, 2.05) is 48.5 Å². The molecule has 1 amide bonds. The van der Waals surface area contributed by atoms with E-state index in [4.69, 9.17) is 9.47 Å². The minimum absolute atomic E-state index is 0.0502. The quantitative estimate of drug-likeness (QED) is 0.692. The molecule has 6 nitrogen and oxygen atoms in total. The van der Waals surface area contributed by atoms with Crippen LogP contribution in [0.15, 0.2) is 54.6 Å². The van der Waals surface area contributed by atoms with Crippen LogP contribution in [0.5, 0.6) is 5.75 Å². The van der Waals surface area contributed by atoms with Gasteiger partial charge in [0.05, 0.1) is 24.9 Å². The van der Waals surface area contributed by atoms with E-state index in [1.165, 1.54) is 0 Å². The molecule has 2 atom stereocenters. The van der Waals surface area contributed by atoms with Gasteiger partial charge in [0, 0.05) is 18.7 Å². The summed E-state index contributed by atoms with van der Waals surface area (Å²) in [5.41, 5.74) is 1.14. The van der Waals surface area contributed by atoms with Crippen LogP contribution < -0.4 is 4.74 Å². The number of methoxy groups -OCH3 is 1. The van der Waals surface area contributed by atoms with Crippen LogP contribution in [-0.2, 0) is 24.5 Å². The van der Waals surface area contributed by atoms with Crippen LogP contribution in [0.3, 0.4) is 0 Å². The molecule has 0 N–H and O–H groups in total. The van der Waals surface area contributed by atoms with Gasteiger partial charge in [0.2, 0.25) is 5.91 Å². The van der Waals surface area contributed by atoms with Crippen LogP contribution in [0.2, 0.25) is 0 Å². The zero-order valence-electron chi connectivity index (χ0n) is 17.9. The lowest BCUT2D eigenvalue weighted by Gasteiger charge is -2.41. The third-order valence-corrected chi connectivity index (χ3v) is 6.70. The largest absolute Gasteiger partial charge is 0.496 e. The summed E-state index contributed by atoms with van der Waals surface area (Å²) in [6, 6.07) is 17.1. The van der Waals surface area contributed by atoms with Crippen LogP contribution in [0.4, 0.5) is 0 Å². The summed E-state index contributed by atoms with van der Waals surface area (Å²) >= 11 is 0. The summed E-state index contributed by atoms with van der Waals surface area (Å²) in [5, 5.41) is 0. The lowest BCUT2D eigenvalue weighted by molar-refractivity contribution is -0.143. The van der Waals surface area contributed by atoms with Gasteiger partial charge in [-0.3, -0.25) is 14.4 Å². The Morgan fingerprint density at radius 1 is 1.03 bits per heavy atom. The molecular formula is C25H27NO5. The fourth-order valence-electron chi connectivity index (χ4n) is 4.90. The lowest BCUT2D eigenvalue weighted by atomic mass is 9.70. The Morgan fingerprint density at radius 2 is 1.68 bits per heavy atom. The maximum atomic E-state index is 13.4. The molecule has 2 aliphatic rings. The number of Topliss-reactive ketones (excluding diaryl/α,β-unsaturated/α-hetero) is 1. The normalized spacial score (nSPS) is 22.6. The molecule has 0 aromatic heterocycles. The molecule has 0 spiro atoms. The Kier molecular flexibility index (Phi) is 5.81. The predicted molar refractivity (Wildman–Crippen MR) is 115 cm³/mol. The summed E-state index contributed by atoms with van der Waals surface area (Å²) in [6.45, 7) is 2.57. The Balaban J connectivity index is 1.54. The van der Waals surface area contributed by atoms with E-state index in [-0.39, 0.29) is 24.1 Å². The topological polar surface area (TPSA) is 72.9 Å². The Hall–Kier alpha value is -3.15. The van der Waals surface area contributed by atoms with E-state index in [9.17, 15) is 14.4 Å². The van der Waals surface area contributed by atoms with Crippen LogP contribution in [0, 0.1) is 5.92 Å². The van der Waals surface area contributed by atoms with Crippen molar-refractivity contribution in [2.45, 2.75) is 37.7 Å². The van der Waals surface area contributed by atoms with Gasteiger partial charge in [-0.2, -0.15) is 0 Å². The van der Waals surface area contributed by atoms with Crippen molar-refractivity contribution < 1.29 is 23.9 Å². The van der Waals surface area contributed by atoms with E-state index in [0.717, 1.165) is 5.56 Å². The summed E-state index contributed by atoms with van der Waals surface area (Å²) in [4.78, 5) is 39.9. The van der Waals surface area contributed by atoms with Crippen LogP contribution in [-0.4, -0.2) is 42.8 Å². The average molecular weight is 421 g/mol. The molecule has 2 aromatic rings. The van der Waals surface area contributed by atoms with Gasteiger partial charge in [-0.15, -0.1) is 0 Å². The highest BCUT2D eigenvalue weighted by Gasteiger charge is 2.47. The smallest absolute Gasteiger partial charge is 0.307 e. The maximum Gasteiger partial charge on any atom is 0.307 e. The van der Waals surface area contributed by atoms with Crippen molar-refractivity contribution in [3.8, 4) is 5.75 Å². The molecule has 2 saturated heterocycles. The Bertz CT molecular complexity index is 978. The fraction of sp³-hybridized carbons (Fsp3) is 0.400. The van der Waals surface area contributed by atoms with Crippen molar-refractivity contribution in [3.63, 3.8) is 0 Å². The van der Waals surface area contributed by atoms with E-state index in [0.29, 0.717) is 37.2 Å². The molecule has 2 fully saturated rings. The first kappa shape index (κ1) is 21.1. The molecule has 0 aliphatic carbocycles. The first-order valence-corrected chi connectivity index (χ1v) is 10.6. The number of esters is 1. The number of ketones is 1. The number of rotatable bonds is 5. The zero-order chi connectivity index (χ0) is 22.0. The number of benzene rings is 2. The van der Waals surface area contributed by atoms with Crippen molar-refractivity contribution in [3.05, 3.63) is 65.7 Å². The molecule has 2 heterocycles. The molecular weight excluding hydrogens is 394 g/mol. The van der Waals surface area contributed by atoms with E-state index < -0.39 is 17.4 Å². The van der Waals surface area contributed by atoms with Crippen molar-refractivity contribution in [1.82, 2.24) is 4.90 Å². The summed E-state index contributed by atoms with van der Waals surface area (Å²) in [5.74, 6) is -0.360. The standard InChI is InChI=1S/C25H27NO5/c1-17(27)25(18-8-4-3-5-9-18)12-14-26(15-13-25)24(29)20-16-22(28)31-23(20)19-10-6-7-11-21(19)30-2/h3-11,20,23H,12-16H2,1-2H3. The molecule has 31 heavy (non-hydrogen) atoms. The number of nitrogens with zero attached hydrogens (tertiary/aromatic N) is 1. The Morgan fingerprint density at radius 3 is 2.32 bits per heavy atom. The SMILES string of the molecule is COc1ccccc1C1OC(=O)CC1C(=O)N1CCC(C(C)=O)(c2ccccc2)CC1. The number of para-hydroxylation sites is 1. The third kappa shape index (κ3) is 3.82. The van der Waals surface area contributed by atoms with Gasteiger partial charge in [0.25, 0.3) is 0 Å². The zero-order valence-corrected chi connectivity index (χ0v) is 17.9. The number of ether oxygens (including phenoxy) is 2. The number of hydrogen-bond donors (Lipinski definition) is 0. The molecule has 2 aliphatic heterocycles. The highest BCUT2D eigenvalue weighted by molar-refractivity contribution is 5.90. The van der Waals surface area contributed by atoms with Crippen molar-refractivity contribution in [2.75, 3.05) is 20.2 Å². The van der Waals surface area contributed by atoms with Crippen LogP contribution in [0.1, 0.15) is 43.4 Å². The van der Waals surface area contributed by atoms with Crippen molar-refractivity contribution in [2.24, 2.45) is 5.92 Å². The highest BCUT2D eigenvalue weighted by Crippen LogP contribution is 2.42. The second kappa shape index (κ2) is 8.53. The van der Waals surface area contributed by atoms with Gasteiger partial charge >= 0.3 is 5.97 Å². The number of piperidine rings is 1. The third-order valence-electron chi connectivity index (χ3n) is 6.70. The van der Waals surface area contributed by atoms with Gasteiger partial charge in [-0.05, 0) is 31.4 Å². The molecule has 6 heteroatoms. The minimum atomic E-state index is -0.662. The second-order valence-corrected chi connectivity index (χ2v) is 8.29. The maximum absolute atomic E-state index is 13.4. The molecule has 0 saturated carbocycles. The van der Waals surface area contributed by atoms with Gasteiger partial charge in [0.1, 0.15) is 17.6 Å². The van der Waals surface area contributed by atoms with E-state index >= 15 is 0 Å². The average Bonchev–Trinajstić information content (AvgIpc) is 3.20. The fourth-order valence-corrected chi connectivity index (χ4v) is 4.90. The van der Waals surface area contributed by atoms with Crippen LogP contribution in [0.25, 0.3) is 0 Å². The number of hydrogen-bond acceptors (Lipinski definition) is 5. The Labute approximate surface area is 182 Å². The van der Waals surface area contributed by atoms with Gasteiger partial charge in [-0.25, -0.2) is 0 Å². The number of cyclic esters (lactones) is 1. The van der Waals surface area contributed by atoms with Crippen molar-refractivity contribution in [1.29, 1.82) is 0 Å². The predicted octanol–water partition coefficient (Wildman–Crippen LogP) is 3.45. The number of carbonyl (C=O) groups is 3. The molecule has 162 valence electrons. The molecule has 4 rings (SSSR count). The molecule has 0 radical (unpaired) electrons. The van der Waals surface area contributed by atoms with Gasteiger partial charge < -0.3 is 14.4 Å². The molecule has 2 aromatic carbocycles. The summed E-state index contributed by atoms with van der Waals surface area (Å²) in [7, 11) is 1.56. The summed E-state index contributed by atoms with van der Waals surface area (Å²) in [6.07, 6.45) is 0.525. The number of carbonyl (C=O) groups excluding carboxylic acids is 3. The summed E-state index contributed by atoms with van der Waals surface area (Å²) < 4.78 is 11.0. The van der Waals surface area contributed by atoms with Crippen molar-refractivity contribution >= 4 is 17.7 Å². The van der Waals surface area contributed by atoms with Gasteiger partial charge in [0.15, 0.2) is 0 Å². The number of amides is 1. The minimum Gasteiger partial charge on any atom is -0.496 e. The monoisotopic (exact) mass is 421 g/mol. The molecule has 2 unspecified atom stereocenters. The van der Waals surface area contributed by atoms with E-state index in [1.54, 1.807) is 25.0 Å². The number of likely N-dealkylation sites (tertiary alicyclic amines) is 1. The van der Waals surface area contributed by atoms with Gasteiger partial charge in [-0.1, -0.05) is 48.5 Å².